The van der Waals surface area contributed by atoms with Gasteiger partial charge in [0.25, 0.3) is 0 Å². The average molecular weight is 242 g/mol. The molecule has 3 heteroatoms. The van der Waals surface area contributed by atoms with E-state index in [0.717, 1.165) is 19.3 Å². The van der Waals surface area contributed by atoms with E-state index in [9.17, 15) is 5.11 Å². The first-order valence-corrected chi connectivity index (χ1v) is 6.89. The molecule has 1 aliphatic rings. The molecule has 0 aliphatic carbocycles. The van der Waals surface area contributed by atoms with Crippen LogP contribution in [-0.2, 0) is 9.47 Å². The van der Waals surface area contributed by atoms with Crippen LogP contribution in [0.1, 0.15) is 52.4 Å². The lowest BCUT2D eigenvalue weighted by molar-refractivity contribution is -0.181. The Bertz CT molecular complexity index is 216. The molecule has 0 saturated carbocycles. The van der Waals surface area contributed by atoms with E-state index >= 15 is 0 Å². The topological polar surface area (TPSA) is 38.7 Å². The van der Waals surface area contributed by atoms with E-state index in [-0.39, 0.29) is 12.4 Å². The molecule has 0 aromatic heterocycles. The van der Waals surface area contributed by atoms with Crippen LogP contribution >= 0.6 is 0 Å². The molecule has 0 spiro atoms. The summed E-state index contributed by atoms with van der Waals surface area (Å²) in [5.41, 5.74) is 0. The molecule has 0 aromatic carbocycles. The quantitative estimate of drug-likeness (QED) is 0.525. The summed E-state index contributed by atoms with van der Waals surface area (Å²) in [6, 6.07) is 0. The summed E-state index contributed by atoms with van der Waals surface area (Å²) in [7, 11) is 0. The van der Waals surface area contributed by atoms with Gasteiger partial charge in [0.1, 0.15) is 6.10 Å². The molecular formula is C14H26O3. The van der Waals surface area contributed by atoms with Gasteiger partial charge in [-0.3, -0.25) is 0 Å². The molecule has 0 bridgehead atoms. The molecule has 0 aromatic rings. The third-order valence-corrected chi connectivity index (χ3v) is 3.05. The molecule has 0 radical (unpaired) electrons. The minimum Gasteiger partial charge on any atom is -0.390 e. The molecule has 100 valence electrons. The molecule has 0 unspecified atom stereocenters. The summed E-state index contributed by atoms with van der Waals surface area (Å²) in [6.45, 7) is 4.80. The molecule has 1 rings (SSSR count). The monoisotopic (exact) mass is 242 g/mol. The Morgan fingerprint density at radius 1 is 1.35 bits per heavy atom. The highest BCUT2D eigenvalue weighted by molar-refractivity contribution is 4.97. The Morgan fingerprint density at radius 2 is 2.18 bits per heavy atom. The molecule has 1 heterocycles. The van der Waals surface area contributed by atoms with Crippen molar-refractivity contribution in [1.29, 1.82) is 0 Å². The van der Waals surface area contributed by atoms with Crippen LogP contribution in [0, 0.1) is 0 Å². The molecule has 0 amide bonds. The lowest BCUT2D eigenvalue weighted by atomic mass is 10.0. The summed E-state index contributed by atoms with van der Waals surface area (Å²) in [5, 5.41) is 10.0. The standard InChI is InChI=1S/C14H26O3/c1-3-5-6-7-9-12(15)13-10-8-11-14(17-13)16-4-2/h8,10,12-15H,3-7,9,11H2,1-2H3/t12-,13-,14+/m1/s1. The highest BCUT2D eigenvalue weighted by Crippen LogP contribution is 2.19. The van der Waals surface area contributed by atoms with Gasteiger partial charge in [0.2, 0.25) is 0 Å². The maximum Gasteiger partial charge on any atom is 0.161 e. The minimum atomic E-state index is -0.397. The van der Waals surface area contributed by atoms with Crippen molar-refractivity contribution in [1.82, 2.24) is 0 Å². The fraction of sp³-hybridized carbons (Fsp3) is 0.857. The van der Waals surface area contributed by atoms with Gasteiger partial charge in [-0.05, 0) is 13.3 Å². The first-order chi connectivity index (χ1) is 8.27. The second-order valence-corrected chi connectivity index (χ2v) is 4.57. The van der Waals surface area contributed by atoms with Crippen molar-refractivity contribution in [2.75, 3.05) is 6.61 Å². The van der Waals surface area contributed by atoms with Gasteiger partial charge in [-0.15, -0.1) is 0 Å². The number of aliphatic hydroxyl groups is 1. The van der Waals surface area contributed by atoms with Gasteiger partial charge in [-0.2, -0.15) is 0 Å². The molecule has 1 aliphatic heterocycles. The Morgan fingerprint density at radius 3 is 2.88 bits per heavy atom. The van der Waals surface area contributed by atoms with Gasteiger partial charge in [-0.1, -0.05) is 44.8 Å². The number of ether oxygens (including phenoxy) is 2. The minimum absolute atomic E-state index is 0.180. The number of unbranched alkanes of at least 4 members (excludes halogenated alkanes) is 3. The molecule has 3 nitrogen and oxygen atoms in total. The van der Waals surface area contributed by atoms with Crippen molar-refractivity contribution in [2.45, 2.75) is 70.9 Å². The van der Waals surface area contributed by atoms with Crippen LogP contribution in [0.3, 0.4) is 0 Å². The van der Waals surface area contributed by atoms with E-state index in [1.54, 1.807) is 0 Å². The van der Waals surface area contributed by atoms with Gasteiger partial charge >= 0.3 is 0 Å². The zero-order valence-electron chi connectivity index (χ0n) is 11.1. The van der Waals surface area contributed by atoms with Crippen LogP contribution in [-0.4, -0.2) is 30.2 Å². The van der Waals surface area contributed by atoms with Crippen LogP contribution in [0.5, 0.6) is 0 Å². The Labute approximate surface area is 105 Å². The van der Waals surface area contributed by atoms with Gasteiger partial charge in [0.15, 0.2) is 6.29 Å². The largest absolute Gasteiger partial charge is 0.390 e. The fourth-order valence-electron chi connectivity index (χ4n) is 2.06. The second-order valence-electron chi connectivity index (χ2n) is 4.57. The maximum atomic E-state index is 10.0. The molecule has 0 fully saturated rings. The summed E-state index contributed by atoms with van der Waals surface area (Å²) in [6.07, 6.45) is 9.57. The van der Waals surface area contributed by atoms with E-state index in [1.165, 1.54) is 19.3 Å². The zero-order valence-corrected chi connectivity index (χ0v) is 11.1. The summed E-state index contributed by atoms with van der Waals surface area (Å²) in [5.74, 6) is 0. The SMILES string of the molecule is CCCCCC[C@@H](O)[C@H]1C=CC[C@@H](OCC)O1. The highest BCUT2D eigenvalue weighted by Gasteiger charge is 2.24. The summed E-state index contributed by atoms with van der Waals surface area (Å²) >= 11 is 0. The first kappa shape index (κ1) is 14.7. The fourth-order valence-corrected chi connectivity index (χ4v) is 2.06. The van der Waals surface area contributed by atoms with Crippen molar-refractivity contribution in [3.63, 3.8) is 0 Å². The lowest BCUT2D eigenvalue weighted by Gasteiger charge is -2.28. The van der Waals surface area contributed by atoms with Gasteiger partial charge < -0.3 is 14.6 Å². The van der Waals surface area contributed by atoms with Crippen molar-refractivity contribution in [3.05, 3.63) is 12.2 Å². The molecule has 17 heavy (non-hydrogen) atoms. The normalized spacial score (nSPS) is 26.1. The van der Waals surface area contributed by atoms with E-state index in [4.69, 9.17) is 9.47 Å². The summed E-state index contributed by atoms with van der Waals surface area (Å²) < 4.78 is 11.1. The number of hydrogen-bond donors (Lipinski definition) is 1. The van der Waals surface area contributed by atoms with Crippen LogP contribution in [0.25, 0.3) is 0 Å². The summed E-state index contributed by atoms with van der Waals surface area (Å²) in [4.78, 5) is 0. The van der Waals surface area contributed by atoms with Gasteiger partial charge in [0.05, 0.1) is 6.10 Å². The Hall–Kier alpha value is -0.380. The van der Waals surface area contributed by atoms with Crippen LogP contribution in [0.15, 0.2) is 12.2 Å². The maximum absolute atomic E-state index is 10.0. The number of hydrogen-bond acceptors (Lipinski definition) is 3. The third-order valence-electron chi connectivity index (χ3n) is 3.05. The smallest absolute Gasteiger partial charge is 0.161 e. The predicted molar refractivity (Wildman–Crippen MR) is 68.8 cm³/mol. The van der Waals surface area contributed by atoms with Crippen LogP contribution in [0.4, 0.5) is 0 Å². The second kappa shape index (κ2) is 8.67. The van der Waals surface area contributed by atoms with Crippen LogP contribution in [0.2, 0.25) is 0 Å². The third kappa shape index (κ3) is 5.66. The van der Waals surface area contributed by atoms with Gasteiger partial charge in [-0.25, -0.2) is 0 Å². The lowest BCUT2D eigenvalue weighted by Crippen LogP contribution is -2.35. The van der Waals surface area contributed by atoms with E-state index in [1.807, 2.05) is 19.1 Å². The van der Waals surface area contributed by atoms with Crippen molar-refractivity contribution in [2.24, 2.45) is 0 Å². The zero-order chi connectivity index (χ0) is 12.5. The Balaban J connectivity index is 2.23. The molecule has 0 saturated heterocycles. The molecule has 1 N–H and O–H groups in total. The van der Waals surface area contributed by atoms with E-state index in [0.29, 0.717) is 6.61 Å². The first-order valence-electron chi connectivity index (χ1n) is 6.89. The van der Waals surface area contributed by atoms with E-state index in [2.05, 4.69) is 6.92 Å². The Kier molecular flexibility index (Phi) is 7.49. The van der Waals surface area contributed by atoms with Crippen molar-refractivity contribution in [3.8, 4) is 0 Å². The van der Waals surface area contributed by atoms with E-state index < -0.39 is 6.10 Å². The van der Waals surface area contributed by atoms with Crippen molar-refractivity contribution >= 4 is 0 Å². The highest BCUT2D eigenvalue weighted by atomic mass is 16.7. The van der Waals surface area contributed by atoms with Crippen molar-refractivity contribution < 1.29 is 14.6 Å². The number of rotatable bonds is 8. The molecule has 3 atom stereocenters. The predicted octanol–water partition coefficient (Wildman–Crippen LogP) is 3.03. The molecular weight excluding hydrogens is 216 g/mol. The number of aliphatic hydroxyl groups excluding tert-OH is 1. The van der Waals surface area contributed by atoms with Gasteiger partial charge in [0, 0.05) is 13.0 Å². The average Bonchev–Trinajstić information content (AvgIpc) is 2.35. The van der Waals surface area contributed by atoms with Crippen LogP contribution < -0.4 is 0 Å².